The van der Waals surface area contributed by atoms with Crippen LogP contribution in [0.3, 0.4) is 0 Å². The third-order valence-electron chi connectivity index (χ3n) is 12.5. The van der Waals surface area contributed by atoms with Crippen LogP contribution in [0.4, 0.5) is 0 Å². The van der Waals surface area contributed by atoms with Gasteiger partial charge < -0.3 is 43.9 Å². The topological polar surface area (TPSA) is 127 Å². The number of fused-ring (bicyclic) bond motifs is 2. The minimum absolute atomic E-state index is 0.0644. The maximum atomic E-state index is 13.5. The Labute approximate surface area is 240 Å². The highest BCUT2D eigenvalue weighted by molar-refractivity contribution is 5.89. The predicted molar refractivity (Wildman–Crippen MR) is 145 cm³/mol. The minimum atomic E-state index is -1.76. The molecule has 6 fully saturated rings. The second-order valence-electron chi connectivity index (χ2n) is 13.6. The fourth-order valence-corrected chi connectivity index (χ4v) is 11.8. The third kappa shape index (κ3) is 3.08. The number of carbonyl (C=O) groups excluding carboxylic acids is 1. The molecule has 1 aromatic rings. The molecule has 1 spiro atoms. The van der Waals surface area contributed by atoms with Gasteiger partial charge in [-0.3, -0.25) is 0 Å². The fraction of sp³-hybridized carbons (Fsp3) is 0.774. The van der Waals surface area contributed by atoms with Gasteiger partial charge in [-0.1, -0.05) is 18.2 Å². The summed E-state index contributed by atoms with van der Waals surface area (Å²) < 4.78 is 30.6. The highest BCUT2D eigenvalue weighted by atomic mass is 16.6. The Kier molecular flexibility index (Phi) is 6.31. The second-order valence-corrected chi connectivity index (χ2v) is 13.6. The number of esters is 1. The van der Waals surface area contributed by atoms with Crippen LogP contribution in [0.1, 0.15) is 29.6 Å². The lowest BCUT2D eigenvalue weighted by atomic mass is 9.43. The summed E-state index contributed by atoms with van der Waals surface area (Å²) in [5.74, 6) is -2.30. The molecular weight excluding hydrogens is 530 g/mol. The summed E-state index contributed by atoms with van der Waals surface area (Å²) in [7, 11) is 8.65. The van der Waals surface area contributed by atoms with Crippen molar-refractivity contribution in [2.75, 3.05) is 48.6 Å². The molecule has 1 aromatic carbocycles. The summed E-state index contributed by atoms with van der Waals surface area (Å²) in [6, 6.07) is 8.46. The Hall–Kier alpha value is -1.63. The highest BCUT2D eigenvalue weighted by Gasteiger charge is 2.90. The van der Waals surface area contributed by atoms with Gasteiger partial charge in [0.25, 0.3) is 0 Å². The van der Waals surface area contributed by atoms with Crippen LogP contribution in [0.2, 0.25) is 0 Å². The molecule has 5 aliphatic carbocycles. The number of benzene rings is 1. The SMILES string of the molecule is COC[C@@]12CCC(OC)C34C(C([C@H](OC)[C@@H]31)[C@]1(O)[C@H]3[C@@H](OC(=O)c5ccccc5)[C@@](O)(C[C@@H]34)[C@@H](OC)[C@@H]1O)N(C)C2. The Morgan fingerprint density at radius 2 is 1.76 bits per heavy atom. The van der Waals surface area contributed by atoms with Crippen molar-refractivity contribution in [3.8, 4) is 0 Å². The van der Waals surface area contributed by atoms with Gasteiger partial charge in [0.05, 0.1) is 24.4 Å². The molecule has 7 bridgehead atoms. The van der Waals surface area contributed by atoms with Crippen LogP contribution in [0.15, 0.2) is 30.3 Å². The van der Waals surface area contributed by atoms with Gasteiger partial charge in [0.2, 0.25) is 0 Å². The van der Waals surface area contributed by atoms with E-state index in [4.69, 9.17) is 23.7 Å². The van der Waals surface area contributed by atoms with E-state index in [0.29, 0.717) is 12.2 Å². The molecule has 6 aliphatic rings. The number of ether oxygens (including phenoxy) is 5. The molecule has 10 heteroatoms. The van der Waals surface area contributed by atoms with E-state index in [1.165, 1.54) is 7.11 Å². The zero-order valence-corrected chi connectivity index (χ0v) is 24.4. The van der Waals surface area contributed by atoms with Crippen LogP contribution in [0.25, 0.3) is 0 Å². The van der Waals surface area contributed by atoms with Crippen LogP contribution >= 0.6 is 0 Å². The molecule has 0 aromatic heterocycles. The Bertz CT molecular complexity index is 1200. The smallest absolute Gasteiger partial charge is 0.338 e. The lowest BCUT2D eigenvalue weighted by Gasteiger charge is -2.69. The summed E-state index contributed by atoms with van der Waals surface area (Å²) in [6.45, 7) is 1.29. The van der Waals surface area contributed by atoms with Gasteiger partial charge in [-0.05, 0) is 44.4 Å². The van der Waals surface area contributed by atoms with Gasteiger partial charge in [-0.15, -0.1) is 0 Å². The van der Waals surface area contributed by atoms with E-state index in [2.05, 4.69) is 11.9 Å². The standard InChI is InChI=1S/C31H43NO9/c1-32-14-28(15-37-2)12-11-18(38-3)30-17-13-29(35)25(41-27(34)16-9-7-6-8-10-16)19(17)31(36,24(33)26(29)40-5)20(23(30)32)21(39-4)22(28)30/h6-10,17-26,33,35-36H,11-15H2,1-5H3/t17-,18?,19+,20?,21-,22+,23?,24-,25+,26-,28-,29-,30?,31+/m0/s1. The monoisotopic (exact) mass is 573 g/mol. The van der Waals surface area contributed by atoms with Crippen molar-refractivity contribution in [2.24, 2.45) is 34.5 Å². The molecule has 0 radical (unpaired) electrons. The van der Waals surface area contributed by atoms with Crippen LogP contribution in [-0.2, 0) is 23.7 Å². The molecule has 7 rings (SSSR count). The Morgan fingerprint density at radius 1 is 1.02 bits per heavy atom. The molecule has 5 saturated carbocycles. The second kappa shape index (κ2) is 9.19. The number of hydrogen-bond donors (Lipinski definition) is 3. The minimum Gasteiger partial charge on any atom is -0.455 e. The first-order chi connectivity index (χ1) is 19.6. The van der Waals surface area contributed by atoms with Gasteiger partial charge in [0, 0.05) is 69.6 Å². The van der Waals surface area contributed by atoms with Crippen molar-refractivity contribution in [2.45, 2.75) is 67.0 Å². The number of methoxy groups -OCH3 is 4. The zero-order valence-electron chi connectivity index (χ0n) is 24.4. The lowest BCUT2D eigenvalue weighted by molar-refractivity contribution is -0.313. The van der Waals surface area contributed by atoms with E-state index in [0.717, 1.165) is 19.4 Å². The molecule has 10 nitrogen and oxygen atoms in total. The fourth-order valence-electron chi connectivity index (χ4n) is 11.8. The number of likely N-dealkylation sites (tertiary alicyclic amines) is 1. The molecule has 0 amide bonds. The van der Waals surface area contributed by atoms with Crippen molar-refractivity contribution in [3.05, 3.63) is 35.9 Å². The first-order valence-corrected chi connectivity index (χ1v) is 14.8. The predicted octanol–water partition coefficient (Wildman–Crippen LogP) is 0.716. The van der Waals surface area contributed by atoms with Gasteiger partial charge >= 0.3 is 5.97 Å². The van der Waals surface area contributed by atoms with Crippen LogP contribution in [0.5, 0.6) is 0 Å². The van der Waals surface area contributed by atoms with E-state index in [9.17, 15) is 20.1 Å². The number of rotatable bonds is 7. The number of nitrogens with zero attached hydrogens (tertiary/aromatic N) is 1. The molecule has 1 heterocycles. The van der Waals surface area contributed by atoms with E-state index in [1.807, 2.05) is 6.07 Å². The maximum absolute atomic E-state index is 13.5. The summed E-state index contributed by atoms with van der Waals surface area (Å²) in [5, 5.41) is 37.6. The van der Waals surface area contributed by atoms with Gasteiger partial charge in [0.15, 0.2) is 0 Å². The zero-order chi connectivity index (χ0) is 29.1. The molecule has 3 N–H and O–H groups in total. The number of aliphatic hydroxyl groups is 3. The lowest BCUT2D eigenvalue weighted by Crippen LogP contribution is -2.79. The van der Waals surface area contributed by atoms with E-state index in [1.54, 1.807) is 45.6 Å². The summed E-state index contributed by atoms with van der Waals surface area (Å²) in [4.78, 5) is 15.8. The molecular formula is C31H43NO9. The molecule has 4 unspecified atom stereocenters. The Morgan fingerprint density at radius 3 is 2.39 bits per heavy atom. The molecule has 41 heavy (non-hydrogen) atoms. The van der Waals surface area contributed by atoms with Crippen LogP contribution < -0.4 is 0 Å². The van der Waals surface area contributed by atoms with Crippen molar-refractivity contribution in [1.82, 2.24) is 4.90 Å². The molecule has 226 valence electrons. The van der Waals surface area contributed by atoms with Gasteiger partial charge in [0.1, 0.15) is 29.5 Å². The van der Waals surface area contributed by atoms with E-state index < -0.39 is 58.8 Å². The summed E-state index contributed by atoms with van der Waals surface area (Å²) in [6.07, 6.45) is -2.45. The number of aliphatic hydroxyl groups excluding tert-OH is 1. The average Bonchev–Trinajstić information content (AvgIpc) is 3.36. The van der Waals surface area contributed by atoms with E-state index in [-0.39, 0.29) is 35.8 Å². The van der Waals surface area contributed by atoms with E-state index >= 15 is 0 Å². The van der Waals surface area contributed by atoms with Crippen molar-refractivity contribution >= 4 is 5.97 Å². The normalized spacial score (nSPS) is 52.9. The van der Waals surface area contributed by atoms with Crippen molar-refractivity contribution < 1.29 is 43.8 Å². The first kappa shape index (κ1) is 28.2. The largest absolute Gasteiger partial charge is 0.455 e. The number of hydrogen-bond acceptors (Lipinski definition) is 10. The third-order valence-corrected chi connectivity index (χ3v) is 12.5. The molecule has 1 aliphatic heterocycles. The summed E-state index contributed by atoms with van der Waals surface area (Å²) in [5.41, 5.74) is -3.95. The average molecular weight is 574 g/mol. The van der Waals surface area contributed by atoms with Gasteiger partial charge in [-0.2, -0.15) is 0 Å². The number of piperidine rings is 1. The molecule has 1 saturated heterocycles. The molecule has 14 atom stereocenters. The quantitative estimate of drug-likeness (QED) is 0.402. The highest BCUT2D eigenvalue weighted by Crippen LogP contribution is 2.80. The number of carbonyl (C=O) groups is 1. The van der Waals surface area contributed by atoms with Crippen molar-refractivity contribution in [3.63, 3.8) is 0 Å². The van der Waals surface area contributed by atoms with Gasteiger partial charge in [-0.25, -0.2) is 4.79 Å². The maximum Gasteiger partial charge on any atom is 0.338 e. The first-order valence-electron chi connectivity index (χ1n) is 14.8. The van der Waals surface area contributed by atoms with Crippen molar-refractivity contribution in [1.29, 1.82) is 0 Å². The van der Waals surface area contributed by atoms with Crippen LogP contribution in [0, 0.1) is 34.5 Å². The Balaban J connectivity index is 1.46. The van der Waals surface area contributed by atoms with Crippen LogP contribution in [-0.4, -0.2) is 123 Å². The summed E-state index contributed by atoms with van der Waals surface area (Å²) >= 11 is 0.